The van der Waals surface area contributed by atoms with Crippen molar-refractivity contribution in [2.24, 2.45) is 18.0 Å². The monoisotopic (exact) mass is 523 g/mol. The van der Waals surface area contributed by atoms with Gasteiger partial charge in [0.2, 0.25) is 0 Å². The standard InChI is InChI=1S/C22H33N7.HI/c1-3-23-22(24-14-21-25-17-26-27(21)2)29-13-11-20-19(16-29)10-7-12-28(20)15-18-8-5-4-6-9-18;/h4-6,8-9,17,19-20H,3,7,10-16H2,1-2H3,(H,23,24);1H. The molecule has 0 saturated carbocycles. The minimum atomic E-state index is 0. The first-order valence-corrected chi connectivity index (χ1v) is 10.9. The van der Waals surface area contributed by atoms with Crippen LogP contribution in [0.15, 0.2) is 41.7 Å². The first-order valence-electron chi connectivity index (χ1n) is 10.9. The van der Waals surface area contributed by atoms with E-state index in [1.807, 2.05) is 7.05 Å². The Labute approximate surface area is 197 Å². The summed E-state index contributed by atoms with van der Waals surface area (Å²) in [5, 5.41) is 7.63. The van der Waals surface area contributed by atoms with Crippen molar-refractivity contribution in [1.29, 1.82) is 0 Å². The highest BCUT2D eigenvalue weighted by Gasteiger charge is 2.36. The van der Waals surface area contributed by atoms with E-state index in [4.69, 9.17) is 4.99 Å². The van der Waals surface area contributed by atoms with Crippen LogP contribution in [0.3, 0.4) is 0 Å². The molecule has 0 amide bonds. The Morgan fingerprint density at radius 1 is 1.20 bits per heavy atom. The van der Waals surface area contributed by atoms with Crippen LogP contribution in [0.5, 0.6) is 0 Å². The number of fused-ring (bicyclic) bond motifs is 1. The number of hydrogen-bond acceptors (Lipinski definition) is 4. The van der Waals surface area contributed by atoms with Gasteiger partial charge in [0.25, 0.3) is 0 Å². The maximum absolute atomic E-state index is 4.86. The predicted octanol–water partition coefficient (Wildman–Crippen LogP) is 2.89. The van der Waals surface area contributed by atoms with Crippen molar-refractivity contribution in [2.75, 3.05) is 26.2 Å². The molecule has 2 aliphatic rings. The number of guanidine groups is 1. The lowest BCUT2D eigenvalue weighted by Crippen LogP contribution is -2.56. The number of halogens is 1. The molecule has 2 unspecified atom stereocenters. The average molecular weight is 523 g/mol. The third kappa shape index (κ3) is 5.51. The van der Waals surface area contributed by atoms with Crippen LogP contribution >= 0.6 is 24.0 Å². The number of aryl methyl sites for hydroxylation is 1. The molecular weight excluding hydrogens is 489 g/mol. The quantitative estimate of drug-likeness (QED) is 0.371. The fraction of sp³-hybridized carbons (Fsp3) is 0.591. The van der Waals surface area contributed by atoms with E-state index in [2.05, 4.69) is 62.5 Å². The molecule has 1 N–H and O–H groups in total. The number of nitrogens with zero attached hydrogens (tertiary/aromatic N) is 6. The van der Waals surface area contributed by atoms with Crippen molar-refractivity contribution in [1.82, 2.24) is 29.9 Å². The second kappa shape index (κ2) is 11.1. The number of aromatic nitrogens is 3. The van der Waals surface area contributed by atoms with Gasteiger partial charge in [-0.15, -0.1) is 24.0 Å². The molecule has 0 radical (unpaired) electrons. The number of nitrogens with one attached hydrogen (secondary N) is 1. The first-order chi connectivity index (χ1) is 14.2. The average Bonchev–Trinajstić information content (AvgIpc) is 3.16. The Hall–Kier alpha value is -1.68. The zero-order valence-corrected chi connectivity index (χ0v) is 20.4. The molecule has 2 aromatic rings. The highest BCUT2D eigenvalue weighted by molar-refractivity contribution is 14.0. The number of piperidine rings is 2. The van der Waals surface area contributed by atoms with Crippen LogP contribution in [0.4, 0.5) is 0 Å². The summed E-state index contributed by atoms with van der Waals surface area (Å²) in [6, 6.07) is 11.6. The Balaban J connectivity index is 0.00000256. The van der Waals surface area contributed by atoms with Crippen LogP contribution in [-0.4, -0.2) is 62.7 Å². The van der Waals surface area contributed by atoms with E-state index in [1.54, 1.807) is 11.0 Å². The van der Waals surface area contributed by atoms with Gasteiger partial charge in [-0.05, 0) is 44.2 Å². The number of aliphatic imine (C=N–C) groups is 1. The SMILES string of the molecule is CCNC(=NCc1ncnn1C)N1CCC2C(CCCN2Cc2ccccc2)C1.I. The van der Waals surface area contributed by atoms with Crippen molar-refractivity contribution in [2.45, 2.75) is 45.3 Å². The van der Waals surface area contributed by atoms with Crippen LogP contribution in [0, 0.1) is 5.92 Å². The minimum Gasteiger partial charge on any atom is -0.357 e. The fourth-order valence-corrected chi connectivity index (χ4v) is 4.75. The molecule has 2 atom stereocenters. The van der Waals surface area contributed by atoms with E-state index in [-0.39, 0.29) is 24.0 Å². The number of benzene rings is 1. The summed E-state index contributed by atoms with van der Waals surface area (Å²) >= 11 is 0. The van der Waals surface area contributed by atoms with Gasteiger partial charge in [-0.1, -0.05) is 30.3 Å². The highest BCUT2D eigenvalue weighted by atomic mass is 127. The third-order valence-electron chi connectivity index (χ3n) is 6.22. The Morgan fingerprint density at radius 3 is 2.77 bits per heavy atom. The minimum absolute atomic E-state index is 0. The van der Waals surface area contributed by atoms with Crippen molar-refractivity contribution in [3.05, 3.63) is 48.0 Å². The number of rotatable bonds is 5. The van der Waals surface area contributed by atoms with Gasteiger partial charge >= 0.3 is 0 Å². The zero-order valence-electron chi connectivity index (χ0n) is 18.1. The summed E-state index contributed by atoms with van der Waals surface area (Å²) in [5.74, 6) is 2.61. The van der Waals surface area contributed by atoms with Gasteiger partial charge in [0.15, 0.2) is 5.96 Å². The maximum Gasteiger partial charge on any atom is 0.194 e. The first kappa shape index (κ1) is 23.0. The van der Waals surface area contributed by atoms with E-state index in [1.165, 1.54) is 31.4 Å². The number of likely N-dealkylation sites (tertiary alicyclic amines) is 2. The van der Waals surface area contributed by atoms with Crippen LogP contribution < -0.4 is 5.32 Å². The van der Waals surface area contributed by atoms with Crippen LogP contribution in [0.1, 0.15) is 37.6 Å². The number of hydrogen-bond donors (Lipinski definition) is 1. The second-order valence-electron chi connectivity index (χ2n) is 8.13. The molecule has 30 heavy (non-hydrogen) atoms. The molecule has 164 valence electrons. The molecule has 0 aliphatic carbocycles. The largest absolute Gasteiger partial charge is 0.357 e. The summed E-state index contributed by atoms with van der Waals surface area (Å²) < 4.78 is 1.79. The molecule has 2 saturated heterocycles. The smallest absolute Gasteiger partial charge is 0.194 e. The molecule has 3 heterocycles. The van der Waals surface area contributed by atoms with Gasteiger partial charge < -0.3 is 10.2 Å². The van der Waals surface area contributed by atoms with E-state index in [0.29, 0.717) is 18.5 Å². The predicted molar refractivity (Wildman–Crippen MR) is 131 cm³/mol. The topological polar surface area (TPSA) is 61.6 Å². The summed E-state index contributed by atoms with van der Waals surface area (Å²) in [4.78, 5) is 14.3. The fourth-order valence-electron chi connectivity index (χ4n) is 4.75. The summed E-state index contributed by atoms with van der Waals surface area (Å²) in [7, 11) is 1.92. The summed E-state index contributed by atoms with van der Waals surface area (Å²) in [6.07, 6.45) is 5.39. The Morgan fingerprint density at radius 2 is 2.03 bits per heavy atom. The van der Waals surface area contributed by atoms with E-state index < -0.39 is 0 Å². The third-order valence-corrected chi connectivity index (χ3v) is 6.22. The molecule has 2 aliphatic heterocycles. The van der Waals surface area contributed by atoms with Crippen molar-refractivity contribution >= 4 is 29.9 Å². The van der Waals surface area contributed by atoms with Crippen molar-refractivity contribution in [3.8, 4) is 0 Å². The van der Waals surface area contributed by atoms with Crippen LogP contribution in [-0.2, 0) is 20.1 Å². The van der Waals surface area contributed by atoms with Gasteiger partial charge in [0.1, 0.15) is 18.7 Å². The molecule has 1 aromatic carbocycles. The van der Waals surface area contributed by atoms with E-state index >= 15 is 0 Å². The maximum atomic E-state index is 4.86. The highest BCUT2D eigenvalue weighted by Crippen LogP contribution is 2.31. The summed E-state index contributed by atoms with van der Waals surface area (Å²) in [6.45, 7) is 8.00. The van der Waals surface area contributed by atoms with Gasteiger partial charge in [-0.3, -0.25) is 9.58 Å². The van der Waals surface area contributed by atoms with Crippen molar-refractivity contribution < 1.29 is 0 Å². The van der Waals surface area contributed by atoms with Gasteiger partial charge in [0, 0.05) is 39.3 Å². The zero-order chi connectivity index (χ0) is 20.1. The van der Waals surface area contributed by atoms with Crippen molar-refractivity contribution in [3.63, 3.8) is 0 Å². The molecular formula is C22H34IN7. The van der Waals surface area contributed by atoms with Gasteiger partial charge in [0.05, 0.1) is 0 Å². The lowest BCUT2D eigenvalue weighted by Gasteiger charge is -2.48. The van der Waals surface area contributed by atoms with Gasteiger partial charge in [-0.25, -0.2) is 9.98 Å². The van der Waals surface area contributed by atoms with E-state index in [0.717, 1.165) is 38.0 Å². The van der Waals surface area contributed by atoms with Gasteiger partial charge in [-0.2, -0.15) is 5.10 Å². The molecule has 0 bridgehead atoms. The van der Waals surface area contributed by atoms with Crippen LogP contribution in [0.2, 0.25) is 0 Å². The second-order valence-corrected chi connectivity index (χ2v) is 8.13. The molecule has 8 heteroatoms. The molecule has 1 aromatic heterocycles. The molecule has 4 rings (SSSR count). The van der Waals surface area contributed by atoms with Crippen LogP contribution in [0.25, 0.3) is 0 Å². The molecule has 7 nitrogen and oxygen atoms in total. The molecule has 0 spiro atoms. The Kier molecular flexibility index (Phi) is 8.50. The molecule has 2 fully saturated rings. The Bertz CT molecular complexity index is 807. The normalized spacial score (nSPS) is 22.3. The van der Waals surface area contributed by atoms with E-state index in [9.17, 15) is 0 Å². The lowest BCUT2D eigenvalue weighted by molar-refractivity contribution is 0.0372. The summed E-state index contributed by atoms with van der Waals surface area (Å²) in [5.41, 5.74) is 1.43. The lowest BCUT2D eigenvalue weighted by atomic mass is 9.83.